The number of benzene rings is 1. The molecule has 0 aromatic heterocycles. The molecule has 3 rings (SSSR count). The Kier molecular flexibility index (Phi) is 8.11. The molecule has 1 saturated carbocycles. The molecule has 1 aliphatic carbocycles. The Balaban J connectivity index is 1.33. The lowest BCUT2D eigenvalue weighted by molar-refractivity contribution is -0.116. The molecule has 1 saturated heterocycles. The van der Waals surface area contributed by atoms with E-state index in [4.69, 9.17) is 0 Å². The van der Waals surface area contributed by atoms with E-state index in [1.165, 1.54) is 38.5 Å². The predicted molar refractivity (Wildman–Crippen MR) is 117 cm³/mol. The van der Waals surface area contributed by atoms with Gasteiger partial charge in [0.1, 0.15) is 0 Å². The molecule has 1 aromatic carbocycles. The molecule has 28 heavy (non-hydrogen) atoms. The van der Waals surface area contributed by atoms with Gasteiger partial charge in [-0.15, -0.1) is 0 Å². The van der Waals surface area contributed by atoms with Crippen LogP contribution in [0.5, 0.6) is 0 Å². The Morgan fingerprint density at radius 2 is 1.86 bits per heavy atom. The molecule has 0 bridgehead atoms. The lowest BCUT2D eigenvalue weighted by Gasteiger charge is -2.44. The third-order valence-electron chi connectivity index (χ3n) is 6.68. The summed E-state index contributed by atoms with van der Waals surface area (Å²) in [5, 5.41) is 3.01. The smallest absolute Gasteiger partial charge is 0.244 e. The summed E-state index contributed by atoms with van der Waals surface area (Å²) in [7, 11) is 2.35. The summed E-state index contributed by atoms with van der Waals surface area (Å²) in [6.07, 6.45) is 11.6. The van der Waals surface area contributed by atoms with Gasteiger partial charge < -0.3 is 15.1 Å². The third-order valence-corrected chi connectivity index (χ3v) is 6.68. The largest absolute Gasteiger partial charge is 0.351 e. The number of amides is 1. The van der Waals surface area contributed by atoms with Crippen molar-refractivity contribution in [2.75, 3.05) is 33.2 Å². The van der Waals surface area contributed by atoms with Gasteiger partial charge in [-0.2, -0.15) is 0 Å². The van der Waals surface area contributed by atoms with Crippen LogP contribution in [0.3, 0.4) is 0 Å². The van der Waals surface area contributed by atoms with Crippen LogP contribution in [0.4, 0.5) is 0 Å². The molecule has 2 atom stereocenters. The van der Waals surface area contributed by atoms with Crippen molar-refractivity contribution in [2.24, 2.45) is 5.92 Å². The summed E-state index contributed by atoms with van der Waals surface area (Å²) in [6, 6.07) is 11.4. The van der Waals surface area contributed by atoms with E-state index in [1.807, 2.05) is 36.4 Å². The van der Waals surface area contributed by atoms with E-state index < -0.39 is 0 Å². The Hall–Kier alpha value is -1.65. The monoisotopic (exact) mass is 383 g/mol. The zero-order valence-electron chi connectivity index (χ0n) is 17.6. The molecule has 4 heteroatoms. The highest BCUT2D eigenvalue weighted by Gasteiger charge is 2.31. The average molecular weight is 384 g/mol. The van der Waals surface area contributed by atoms with Crippen molar-refractivity contribution in [3.05, 3.63) is 42.0 Å². The highest BCUT2D eigenvalue weighted by Crippen LogP contribution is 2.30. The fraction of sp³-hybridized carbons (Fsp3) is 0.625. The van der Waals surface area contributed by atoms with Crippen LogP contribution in [0.2, 0.25) is 0 Å². The summed E-state index contributed by atoms with van der Waals surface area (Å²) in [5.41, 5.74) is 1.05. The first kappa shape index (κ1) is 21.1. The maximum Gasteiger partial charge on any atom is 0.244 e. The fourth-order valence-electron chi connectivity index (χ4n) is 4.85. The minimum atomic E-state index is -0.00948. The fourth-order valence-corrected chi connectivity index (χ4v) is 4.85. The van der Waals surface area contributed by atoms with E-state index in [2.05, 4.69) is 29.1 Å². The topological polar surface area (TPSA) is 35.6 Å². The zero-order chi connectivity index (χ0) is 19.8. The Morgan fingerprint density at radius 3 is 2.57 bits per heavy atom. The van der Waals surface area contributed by atoms with Crippen molar-refractivity contribution in [3.63, 3.8) is 0 Å². The van der Waals surface area contributed by atoms with Crippen molar-refractivity contribution in [3.8, 4) is 0 Å². The maximum absolute atomic E-state index is 12.0. The number of rotatable bonds is 7. The van der Waals surface area contributed by atoms with E-state index in [0.29, 0.717) is 0 Å². The number of hydrogen-bond donors (Lipinski definition) is 1. The Morgan fingerprint density at radius 1 is 1.14 bits per heavy atom. The molecule has 4 nitrogen and oxygen atoms in total. The molecular weight excluding hydrogens is 346 g/mol. The lowest BCUT2D eigenvalue weighted by atomic mass is 9.84. The van der Waals surface area contributed by atoms with Crippen molar-refractivity contribution in [1.82, 2.24) is 15.1 Å². The Labute approximate surface area is 171 Å². The molecule has 0 spiro atoms. The summed E-state index contributed by atoms with van der Waals surface area (Å²) >= 11 is 0. The van der Waals surface area contributed by atoms with Gasteiger partial charge in [-0.25, -0.2) is 0 Å². The molecule has 2 aliphatic rings. The van der Waals surface area contributed by atoms with Crippen LogP contribution in [0, 0.1) is 5.92 Å². The number of carbonyl (C=O) groups excluding carboxylic acids is 1. The molecule has 1 N–H and O–H groups in total. The first-order chi connectivity index (χ1) is 13.6. The highest BCUT2D eigenvalue weighted by atomic mass is 16.1. The van der Waals surface area contributed by atoms with E-state index in [0.717, 1.165) is 49.7 Å². The number of hydrogen-bond acceptors (Lipinski definition) is 3. The van der Waals surface area contributed by atoms with Crippen LogP contribution in [0.15, 0.2) is 36.4 Å². The lowest BCUT2D eigenvalue weighted by Crippen LogP contribution is -2.50. The van der Waals surface area contributed by atoms with E-state index >= 15 is 0 Å². The average Bonchev–Trinajstić information content (AvgIpc) is 2.73. The van der Waals surface area contributed by atoms with Gasteiger partial charge in [0, 0.05) is 31.2 Å². The third kappa shape index (κ3) is 6.18. The number of piperidine rings is 1. The van der Waals surface area contributed by atoms with E-state index in [1.54, 1.807) is 6.08 Å². The number of carbonyl (C=O) groups is 1. The summed E-state index contributed by atoms with van der Waals surface area (Å²) in [6.45, 7) is 6.39. The molecular formula is C24H37N3O. The summed E-state index contributed by atoms with van der Waals surface area (Å²) < 4.78 is 0. The second kappa shape index (κ2) is 10.8. The van der Waals surface area contributed by atoms with Crippen molar-refractivity contribution < 1.29 is 4.79 Å². The second-order valence-electron chi connectivity index (χ2n) is 8.60. The van der Waals surface area contributed by atoms with Crippen molar-refractivity contribution >= 4 is 12.0 Å². The van der Waals surface area contributed by atoms with Gasteiger partial charge in [-0.05, 0) is 63.4 Å². The van der Waals surface area contributed by atoms with Gasteiger partial charge >= 0.3 is 0 Å². The molecule has 1 amide bonds. The summed E-state index contributed by atoms with van der Waals surface area (Å²) in [4.78, 5) is 17.2. The minimum absolute atomic E-state index is 0.00948. The second-order valence-corrected chi connectivity index (χ2v) is 8.60. The standard InChI is InChI=1S/C24H37N3O/c1-20-8-6-7-11-23(20)26(2)22-14-17-27(18-15-22)19-16-25-24(28)13-12-21-9-4-3-5-10-21/h3-5,9-10,12-13,20,22-23H,6-8,11,14-19H2,1-2H3,(H,25,28)/b13-12+/t20-,23-/m1/s1. The minimum Gasteiger partial charge on any atom is -0.351 e. The molecule has 1 aromatic rings. The van der Waals surface area contributed by atoms with Gasteiger partial charge in [0.05, 0.1) is 0 Å². The molecule has 154 valence electrons. The van der Waals surface area contributed by atoms with Gasteiger partial charge in [0.2, 0.25) is 5.91 Å². The molecule has 1 heterocycles. The van der Waals surface area contributed by atoms with Crippen molar-refractivity contribution in [1.29, 1.82) is 0 Å². The van der Waals surface area contributed by atoms with Crippen molar-refractivity contribution in [2.45, 2.75) is 57.5 Å². The molecule has 0 unspecified atom stereocenters. The van der Waals surface area contributed by atoms with E-state index in [-0.39, 0.29) is 5.91 Å². The van der Waals surface area contributed by atoms with E-state index in [9.17, 15) is 4.79 Å². The van der Waals surface area contributed by atoms with Crippen LogP contribution >= 0.6 is 0 Å². The number of nitrogens with one attached hydrogen (secondary N) is 1. The van der Waals surface area contributed by atoms with Gasteiger partial charge in [-0.3, -0.25) is 4.79 Å². The highest BCUT2D eigenvalue weighted by molar-refractivity contribution is 5.91. The van der Waals surface area contributed by atoms with Gasteiger partial charge in [0.15, 0.2) is 0 Å². The molecule has 2 fully saturated rings. The first-order valence-electron chi connectivity index (χ1n) is 11.1. The molecule has 0 radical (unpaired) electrons. The first-order valence-corrected chi connectivity index (χ1v) is 11.1. The van der Waals surface area contributed by atoms with Crippen LogP contribution < -0.4 is 5.32 Å². The quantitative estimate of drug-likeness (QED) is 0.728. The SMILES string of the molecule is C[C@@H]1CCCC[C@H]1N(C)C1CCN(CCNC(=O)/C=C/c2ccccc2)CC1. The summed E-state index contributed by atoms with van der Waals surface area (Å²) in [5.74, 6) is 0.834. The normalized spacial score (nSPS) is 24.7. The Bertz CT molecular complexity index is 622. The van der Waals surface area contributed by atoms with Crippen LogP contribution in [-0.2, 0) is 4.79 Å². The van der Waals surface area contributed by atoms with Crippen LogP contribution in [-0.4, -0.2) is 61.0 Å². The predicted octanol–water partition coefficient (Wildman–Crippen LogP) is 3.79. The maximum atomic E-state index is 12.0. The van der Waals surface area contributed by atoms with Gasteiger partial charge in [-0.1, -0.05) is 50.1 Å². The van der Waals surface area contributed by atoms with Crippen LogP contribution in [0.1, 0.15) is 51.0 Å². The van der Waals surface area contributed by atoms with Crippen LogP contribution in [0.25, 0.3) is 6.08 Å². The number of nitrogens with zero attached hydrogens (tertiary/aromatic N) is 2. The number of likely N-dealkylation sites (tertiary alicyclic amines) is 1. The zero-order valence-corrected chi connectivity index (χ0v) is 17.6. The molecule has 1 aliphatic heterocycles. The van der Waals surface area contributed by atoms with Gasteiger partial charge in [0.25, 0.3) is 0 Å².